The van der Waals surface area contributed by atoms with Crippen LogP contribution in [0.25, 0.3) is 0 Å². The van der Waals surface area contributed by atoms with Gasteiger partial charge >= 0.3 is 12.0 Å². The summed E-state index contributed by atoms with van der Waals surface area (Å²) in [5.74, 6) is -0.219. The van der Waals surface area contributed by atoms with Crippen molar-refractivity contribution < 1.29 is 14.3 Å². The van der Waals surface area contributed by atoms with Crippen LogP contribution in [0.3, 0.4) is 0 Å². The Kier molecular flexibility index (Phi) is 10.6. The van der Waals surface area contributed by atoms with E-state index in [1.165, 1.54) is 5.56 Å². The maximum Gasteiger partial charge on any atom is 0.322 e. The average Bonchev–Trinajstić information content (AvgIpc) is 2.96. The highest BCUT2D eigenvalue weighted by molar-refractivity contribution is 7.99. The van der Waals surface area contributed by atoms with E-state index in [-0.39, 0.29) is 18.4 Å². The molecule has 0 heterocycles. The average molecular weight is 539 g/mol. The maximum absolute atomic E-state index is 13.4. The molecular weight excluding hydrogens is 504 g/mol. The highest BCUT2D eigenvalue weighted by Gasteiger charge is 2.16. The van der Waals surface area contributed by atoms with E-state index in [2.05, 4.69) is 23.5 Å². The molecule has 0 aliphatic rings. The van der Waals surface area contributed by atoms with Crippen LogP contribution < -0.4 is 10.2 Å². The monoisotopic (exact) mass is 538 g/mol. The summed E-state index contributed by atoms with van der Waals surface area (Å²) in [5, 5.41) is 3.09. The SMILES string of the molecule is CCOC(=O)Cc1ccc(Sc2cccc(N(CCCc3ccccc3)C(=O)NCc3ccccc3)c2)cc1. The Morgan fingerprint density at radius 1 is 0.769 bits per heavy atom. The second-order valence-corrected chi connectivity index (χ2v) is 10.3. The van der Waals surface area contributed by atoms with Crippen LogP contribution in [-0.4, -0.2) is 25.2 Å². The number of ether oxygens (including phenoxy) is 1. The van der Waals surface area contributed by atoms with Crippen LogP contribution in [0, 0.1) is 0 Å². The Balaban J connectivity index is 1.45. The van der Waals surface area contributed by atoms with Gasteiger partial charge in [-0.3, -0.25) is 9.69 Å². The first-order valence-electron chi connectivity index (χ1n) is 13.3. The van der Waals surface area contributed by atoms with Gasteiger partial charge in [0.25, 0.3) is 0 Å². The number of esters is 1. The number of hydrogen-bond acceptors (Lipinski definition) is 4. The van der Waals surface area contributed by atoms with Gasteiger partial charge in [-0.05, 0) is 66.8 Å². The first-order valence-corrected chi connectivity index (χ1v) is 14.1. The molecule has 5 nitrogen and oxygen atoms in total. The van der Waals surface area contributed by atoms with Gasteiger partial charge < -0.3 is 10.1 Å². The fraction of sp³-hybridized carbons (Fsp3) is 0.212. The molecule has 0 spiro atoms. The largest absolute Gasteiger partial charge is 0.466 e. The van der Waals surface area contributed by atoms with Gasteiger partial charge in [0.05, 0.1) is 13.0 Å². The third kappa shape index (κ3) is 9.04. The number of carbonyl (C=O) groups is 2. The quantitative estimate of drug-likeness (QED) is 0.192. The number of anilines is 1. The van der Waals surface area contributed by atoms with Crippen molar-refractivity contribution in [3.63, 3.8) is 0 Å². The van der Waals surface area contributed by atoms with Gasteiger partial charge in [0, 0.05) is 28.6 Å². The number of amides is 2. The molecule has 1 N–H and O–H groups in total. The van der Waals surface area contributed by atoms with Crippen LogP contribution in [-0.2, 0) is 28.9 Å². The first kappa shape index (κ1) is 28.0. The van der Waals surface area contributed by atoms with E-state index in [0.717, 1.165) is 39.4 Å². The van der Waals surface area contributed by atoms with Crippen LogP contribution in [0.1, 0.15) is 30.0 Å². The normalized spacial score (nSPS) is 10.6. The predicted octanol–water partition coefficient (Wildman–Crippen LogP) is 7.29. The summed E-state index contributed by atoms with van der Waals surface area (Å²) in [6, 6.07) is 36.2. The molecule has 0 radical (unpaired) electrons. The smallest absolute Gasteiger partial charge is 0.322 e. The van der Waals surface area contributed by atoms with Gasteiger partial charge in [-0.1, -0.05) is 90.6 Å². The Morgan fingerprint density at radius 3 is 2.15 bits per heavy atom. The van der Waals surface area contributed by atoms with Crippen molar-refractivity contribution in [2.45, 2.75) is 42.5 Å². The number of benzene rings is 4. The summed E-state index contributed by atoms with van der Waals surface area (Å²) in [4.78, 5) is 29.1. The van der Waals surface area contributed by atoms with Crippen molar-refractivity contribution in [3.8, 4) is 0 Å². The van der Waals surface area contributed by atoms with Gasteiger partial charge in [-0.15, -0.1) is 0 Å². The molecule has 0 saturated heterocycles. The van der Waals surface area contributed by atoms with Crippen molar-refractivity contribution in [1.82, 2.24) is 5.32 Å². The Bertz CT molecular complexity index is 1330. The molecule has 4 aromatic rings. The summed E-state index contributed by atoms with van der Waals surface area (Å²) in [7, 11) is 0. The van der Waals surface area contributed by atoms with Gasteiger partial charge in [0.2, 0.25) is 0 Å². The molecule has 4 rings (SSSR count). The highest BCUT2D eigenvalue weighted by atomic mass is 32.2. The first-order chi connectivity index (χ1) is 19.1. The molecule has 0 aromatic heterocycles. The molecule has 6 heteroatoms. The van der Waals surface area contributed by atoms with E-state index in [4.69, 9.17) is 4.74 Å². The van der Waals surface area contributed by atoms with Gasteiger partial charge in [0.15, 0.2) is 0 Å². The number of aryl methyl sites for hydroxylation is 1. The number of nitrogens with zero attached hydrogens (tertiary/aromatic N) is 1. The molecule has 0 atom stereocenters. The third-order valence-electron chi connectivity index (χ3n) is 6.16. The lowest BCUT2D eigenvalue weighted by Gasteiger charge is -2.24. The van der Waals surface area contributed by atoms with E-state index >= 15 is 0 Å². The van der Waals surface area contributed by atoms with Crippen LogP contribution in [0.15, 0.2) is 119 Å². The van der Waals surface area contributed by atoms with Gasteiger partial charge in [-0.2, -0.15) is 0 Å². The fourth-order valence-electron chi connectivity index (χ4n) is 4.21. The molecule has 0 bridgehead atoms. The highest BCUT2D eigenvalue weighted by Crippen LogP contribution is 2.31. The zero-order chi connectivity index (χ0) is 27.3. The summed E-state index contributed by atoms with van der Waals surface area (Å²) < 4.78 is 5.04. The molecular formula is C33H34N2O3S. The molecule has 4 aromatic carbocycles. The van der Waals surface area contributed by atoms with Crippen LogP contribution in [0.2, 0.25) is 0 Å². The van der Waals surface area contributed by atoms with Gasteiger partial charge in [0.1, 0.15) is 0 Å². The summed E-state index contributed by atoms with van der Waals surface area (Å²) >= 11 is 1.63. The zero-order valence-electron chi connectivity index (χ0n) is 22.2. The molecule has 0 aliphatic carbocycles. The van der Waals surface area contributed by atoms with Crippen molar-refractivity contribution in [3.05, 3.63) is 126 Å². The fourth-order valence-corrected chi connectivity index (χ4v) is 5.08. The van der Waals surface area contributed by atoms with E-state index < -0.39 is 0 Å². The van der Waals surface area contributed by atoms with E-state index in [9.17, 15) is 9.59 Å². The van der Waals surface area contributed by atoms with Crippen molar-refractivity contribution >= 4 is 29.4 Å². The minimum absolute atomic E-state index is 0.114. The number of carbonyl (C=O) groups excluding carboxylic acids is 2. The topological polar surface area (TPSA) is 58.6 Å². The third-order valence-corrected chi connectivity index (χ3v) is 7.16. The van der Waals surface area contributed by atoms with Crippen LogP contribution in [0.5, 0.6) is 0 Å². The Morgan fingerprint density at radius 2 is 1.46 bits per heavy atom. The maximum atomic E-state index is 13.4. The van der Waals surface area contributed by atoms with Crippen molar-refractivity contribution in [2.75, 3.05) is 18.1 Å². The van der Waals surface area contributed by atoms with Crippen molar-refractivity contribution in [1.29, 1.82) is 0 Å². The minimum atomic E-state index is -0.219. The van der Waals surface area contributed by atoms with E-state index in [0.29, 0.717) is 19.7 Å². The lowest BCUT2D eigenvalue weighted by atomic mass is 10.1. The van der Waals surface area contributed by atoms with Crippen LogP contribution >= 0.6 is 11.8 Å². The van der Waals surface area contributed by atoms with Gasteiger partial charge in [-0.25, -0.2) is 4.79 Å². The molecule has 0 aliphatic heterocycles. The zero-order valence-corrected chi connectivity index (χ0v) is 23.0. The van der Waals surface area contributed by atoms with Crippen LogP contribution in [0.4, 0.5) is 10.5 Å². The summed E-state index contributed by atoms with van der Waals surface area (Å²) in [6.07, 6.45) is 2.02. The number of hydrogen-bond donors (Lipinski definition) is 1. The lowest BCUT2D eigenvalue weighted by molar-refractivity contribution is -0.142. The number of urea groups is 1. The Hall–Kier alpha value is -4.03. The summed E-state index contributed by atoms with van der Waals surface area (Å²) in [6.45, 7) is 3.27. The number of rotatable bonds is 12. The van der Waals surface area contributed by atoms with E-state index in [1.54, 1.807) is 11.8 Å². The molecule has 2 amide bonds. The number of nitrogens with one attached hydrogen (secondary N) is 1. The van der Waals surface area contributed by atoms with Crippen molar-refractivity contribution in [2.24, 2.45) is 0 Å². The Labute approximate surface area is 235 Å². The molecule has 0 fully saturated rings. The molecule has 200 valence electrons. The molecule has 0 unspecified atom stereocenters. The standard InChI is InChI=1S/C33H34N2O3S/c1-2-38-32(36)23-27-18-20-30(21-19-27)39-31-17-9-16-29(24-31)35(22-10-15-26-11-5-3-6-12-26)33(37)34-25-28-13-7-4-8-14-28/h3-9,11-14,16-21,24H,2,10,15,22-23,25H2,1H3,(H,34,37). The molecule has 39 heavy (non-hydrogen) atoms. The second kappa shape index (κ2) is 14.8. The van der Waals surface area contributed by atoms with E-state index in [1.807, 2.05) is 103 Å². The second-order valence-electron chi connectivity index (χ2n) is 9.11. The molecule has 0 saturated carbocycles. The lowest BCUT2D eigenvalue weighted by Crippen LogP contribution is -2.40. The predicted molar refractivity (Wildman–Crippen MR) is 158 cm³/mol. The summed E-state index contributed by atoms with van der Waals surface area (Å²) in [5.41, 5.74) is 4.10. The minimum Gasteiger partial charge on any atom is -0.466 e.